The Hall–Kier alpha value is -3.56. The van der Waals surface area contributed by atoms with Gasteiger partial charge < -0.3 is 10.6 Å². The smallest absolute Gasteiger partial charge is 0.267 e. The Morgan fingerprint density at radius 1 is 1.00 bits per heavy atom. The SMILES string of the molecule is N#C/C(=C/NCc1ccccc1F)C(=O)Nc1ccccc1Sc1ccccc1. The van der Waals surface area contributed by atoms with Crippen molar-refractivity contribution in [2.45, 2.75) is 16.3 Å². The predicted molar refractivity (Wildman–Crippen MR) is 113 cm³/mol. The molecule has 0 atom stereocenters. The Morgan fingerprint density at radius 3 is 2.45 bits per heavy atom. The molecule has 0 bridgehead atoms. The first-order chi connectivity index (χ1) is 14.2. The van der Waals surface area contributed by atoms with Gasteiger partial charge in [0.2, 0.25) is 0 Å². The Morgan fingerprint density at radius 2 is 1.69 bits per heavy atom. The zero-order valence-corrected chi connectivity index (χ0v) is 16.2. The number of rotatable bonds is 7. The van der Waals surface area contributed by atoms with E-state index in [1.54, 1.807) is 24.3 Å². The van der Waals surface area contributed by atoms with Crippen LogP contribution >= 0.6 is 11.8 Å². The molecular formula is C23H18FN3OS. The predicted octanol–water partition coefficient (Wildman–Crippen LogP) is 5.11. The van der Waals surface area contributed by atoms with Gasteiger partial charge in [0.1, 0.15) is 17.5 Å². The maximum absolute atomic E-state index is 13.7. The van der Waals surface area contributed by atoms with Crippen LogP contribution in [0.2, 0.25) is 0 Å². The summed E-state index contributed by atoms with van der Waals surface area (Å²) in [6.07, 6.45) is 1.30. The Bertz CT molecular complexity index is 1060. The topological polar surface area (TPSA) is 64.9 Å². The molecule has 0 aromatic heterocycles. The Labute approximate surface area is 173 Å². The van der Waals surface area contributed by atoms with E-state index in [1.807, 2.05) is 54.6 Å². The van der Waals surface area contributed by atoms with Crippen LogP contribution in [0, 0.1) is 17.1 Å². The lowest BCUT2D eigenvalue weighted by Gasteiger charge is -2.10. The zero-order valence-electron chi connectivity index (χ0n) is 15.4. The van der Waals surface area contributed by atoms with Gasteiger partial charge in [-0.2, -0.15) is 5.26 Å². The summed E-state index contributed by atoms with van der Waals surface area (Å²) in [4.78, 5) is 14.4. The van der Waals surface area contributed by atoms with E-state index >= 15 is 0 Å². The number of anilines is 1. The number of carbonyl (C=O) groups excluding carboxylic acids is 1. The van der Waals surface area contributed by atoms with E-state index in [4.69, 9.17) is 0 Å². The third-order valence-corrected chi connectivity index (χ3v) is 5.05. The summed E-state index contributed by atoms with van der Waals surface area (Å²) in [6, 6.07) is 25.4. The zero-order chi connectivity index (χ0) is 20.5. The van der Waals surface area contributed by atoms with E-state index in [9.17, 15) is 14.4 Å². The molecule has 0 radical (unpaired) electrons. The van der Waals surface area contributed by atoms with Crippen molar-refractivity contribution in [2.75, 3.05) is 5.32 Å². The van der Waals surface area contributed by atoms with Crippen LogP contribution in [-0.2, 0) is 11.3 Å². The van der Waals surface area contributed by atoms with Gasteiger partial charge in [-0.1, -0.05) is 60.3 Å². The highest BCUT2D eigenvalue weighted by atomic mass is 32.2. The van der Waals surface area contributed by atoms with Gasteiger partial charge in [0, 0.05) is 28.1 Å². The minimum absolute atomic E-state index is 0.0964. The van der Waals surface area contributed by atoms with E-state index < -0.39 is 5.91 Å². The van der Waals surface area contributed by atoms with Gasteiger partial charge in [-0.25, -0.2) is 4.39 Å². The molecule has 0 unspecified atom stereocenters. The van der Waals surface area contributed by atoms with E-state index in [2.05, 4.69) is 10.6 Å². The van der Waals surface area contributed by atoms with Crippen molar-refractivity contribution in [2.24, 2.45) is 0 Å². The number of hydrogen-bond donors (Lipinski definition) is 2. The minimum Gasteiger partial charge on any atom is -0.385 e. The van der Waals surface area contributed by atoms with Gasteiger partial charge in [0.15, 0.2) is 0 Å². The maximum Gasteiger partial charge on any atom is 0.267 e. The number of nitrogens with one attached hydrogen (secondary N) is 2. The number of nitriles is 1. The summed E-state index contributed by atoms with van der Waals surface area (Å²) in [5, 5.41) is 14.9. The summed E-state index contributed by atoms with van der Waals surface area (Å²) in [5.74, 6) is -0.877. The fourth-order valence-electron chi connectivity index (χ4n) is 2.52. The fourth-order valence-corrected chi connectivity index (χ4v) is 3.44. The highest BCUT2D eigenvalue weighted by Gasteiger charge is 2.12. The molecule has 29 heavy (non-hydrogen) atoms. The van der Waals surface area contributed by atoms with Gasteiger partial charge in [-0.15, -0.1) is 0 Å². The van der Waals surface area contributed by atoms with Gasteiger partial charge in [-0.3, -0.25) is 4.79 Å². The highest BCUT2D eigenvalue weighted by Crippen LogP contribution is 2.33. The largest absolute Gasteiger partial charge is 0.385 e. The lowest BCUT2D eigenvalue weighted by atomic mass is 10.2. The molecule has 3 aromatic carbocycles. The van der Waals surface area contributed by atoms with Crippen molar-refractivity contribution in [1.29, 1.82) is 5.26 Å². The Kier molecular flexibility index (Phi) is 7.04. The molecule has 3 rings (SSSR count). The molecule has 0 saturated heterocycles. The van der Waals surface area contributed by atoms with Crippen molar-refractivity contribution < 1.29 is 9.18 Å². The van der Waals surface area contributed by atoms with Crippen LogP contribution < -0.4 is 10.6 Å². The van der Waals surface area contributed by atoms with Crippen molar-refractivity contribution >= 4 is 23.4 Å². The molecule has 0 aliphatic heterocycles. The standard InChI is InChI=1S/C23H18FN3OS/c24-20-11-5-4-8-17(20)15-26-16-18(14-25)23(28)27-21-12-6-7-13-22(21)29-19-9-2-1-3-10-19/h1-13,16,26H,15H2,(H,27,28)/b18-16-. The van der Waals surface area contributed by atoms with Crippen LogP contribution in [0.25, 0.3) is 0 Å². The van der Waals surface area contributed by atoms with Crippen LogP contribution in [-0.4, -0.2) is 5.91 Å². The molecule has 3 aromatic rings. The van der Waals surface area contributed by atoms with Crippen molar-refractivity contribution in [3.63, 3.8) is 0 Å². The fraction of sp³-hybridized carbons (Fsp3) is 0.0435. The molecule has 2 N–H and O–H groups in total. The molecule has 0 aliphatic rings. The van der Waals surface area contributed by atoms with Crippen LogP contribution in [0.1, 0.15) is 5.56 Å². The number of amides is 1. The number of benzene rings is 3. The van der Waals surface area contributed by atoms with Gasteiger partial charge in [0.05, 0.1) is 5.69 Å². The van der Waals surface area contributed by atoms with E-state index in [0.717, 1.165) is 9.79 Å². The first-order valence-electron chi connectivity index (χ1n) is 8.87. The van der Waals surface area contributed by atoms with Crippen LogP contribution in [0.15, 0.2) is 100 Å². The van der Waals surface area contributed by atoms with E-state index in [0.29, 0.717) is 11.3 Å². The first kappa shape index (κ1) is 20.2. The van der Waals surface area contributed by atoms with Crippen LogP contribution in [0.3, 0.4) is 0 Å². The van der Waals surface area contributed by atoms with Crippen molar-refractivity contribution in [3.05, 3.63) is 102 Å². The molecule has 0 spiro atoms. The second kappa shape index (κ2) is 10.1. The molecule has 0 fully saturated rings. The van der Waals surface area contributed by atoms with Crippen LogP contribution in [0.4, 0.5) is 10.1 Å². The number of hydrogen-bond acceptors (Lipinski definition) is 4. The molecule has 0 saturated carbocycles. The quantitative estimate of drug-likeness (QED) is 0.425. The molecule has 1 amide bonds. The normalized spacial score (nSPS) is 10.8. The minimum atomic E-state index is -0.533. The van der Waals surface area contributed by atoms with Crippen molar-refractivity contribution in [3.8, 4) is 6.07 Å². The lowest BCUT2D eigenvalue weighted by Crippen LogP contribution is -2.17. The maximum atomic E-state index is 13.7. The molecule has 6 heteroatoms. The van der Waals surface area contributed by atoms with E-state index in [1.165, 1.54) is 24.0 Å². The summed E-state index contributed by atoms with van der Waals surface area (Å²) < 4.78 is 13.7. The number of nitrogens with zero attached hydrogens (tertiary/aromatic N) is 1. The van der Waals surface area contributed by atoms with E-state index in [-0.39, 0.29) is 17.9 Å². The molecule has 4 nitrogen and oxygen atoms in total. The van der Waals surface area contributed by atoms with Gasteiger partial charge >= 0.3 is 0 Å². The third kappa shape index (κ3) is 5.71. The molecule has 0 aliphatic carbocycles. The third-order valence-electron chi connectivity index (χ3n) is 3.97. The summed E-state index contributed by atoms with van der Waals surface area (Å²) in [5.41, 5.74) is 0.966. The lowest BCUT2D eigenvalue weighted by molar-refractivity contribution is -0.112. The van der Waals surface area contributed by atoms with Crippen molar-refractivity contribution in [1.82, 2.24) is 5.32 Å². The summed E-state index contributed by atoms with van der Waals surface area (Å²) >= 11 is 1.52. The summed E-state index contributed by atoms with van der Waals surface area (Å²) in [6.45, 7) is 0.172. The number of para-hydroxylation sites is 1. The van der Waals surface area contributed by atoms with Gasteiger partial charge in [0.25, 0.3) is 5.91 Å². The number of carbonyl (C=O) groups is 1. The van der Waals surface area contributed by atoms with Gasteiger partial charge in [-0.05, 0) is 30.3 Å². The average molecular weight is 403 g/mol. The average Bonchev–Trinajstić information content (AvgIpc) is 2.74. The monoisotopic (exact) mass is 403 g/mol. The molecule has 0 heterocycles. The Balaban J connectivity index is 1.68. The summed E-state index contributed by atoms with van der Waals surface area (Å²) in [7, 11) is 0. The second-order valence-corrected chi connectivity index (χ2v) is 7.12. The highest BCUT2D eigenvalue weighted by molar-refractivity contribution is 7.99. The number of halogens is 1. The molecule has 144 valence electrons. The second-order valence-electron chi connectivity index (χ2n) is 6.01. The van der Waals surface area contributed by atoms with Crippen LogP contribution in [0.5, 0.6) is 0 Å². The first-order valence-corrected chi connectivity index (χ1v) is 9.69. The molecular weight excluding hydrogens is 385 g/mol.